The molecule has 4 nitrogen and oxygen atoms in total. The second-order valence-electron chi connectivity index (χ2n) is 6.66. The highest BCUT2D eigenvalue weighted by molar-refractivity contribution is 6.30. The van der Waals surface area contributed by atoms with Crippen molar-refractivity contribution in [2.45, 2.75) is 13.5 Å². The lowest BCUT2D eigenvalue weighted by Gasteiger charge is -2.34. The molecule has 1 N–H and O–H groups in total. The lowest BCUT2D eigenvalue weighted by molar-refractivity contribution is -0.117. The maximum absolute atomic E-state index is 13.2. The topological polar surface area (TPSA) is 35.6 Å². The first kappa shape index (κ1) is 18.8. The molecule has 1 fully saturated rings. The summed E-state index contributed by atoms with van der Waals surface area (Å²) in [6.45, 7) is 6.51. The average Bonchev–Trinajstić information content (AvgIpc) is 2.62. The van der Waals surface area contributed by atoms with Crippen molar-refractivity contribution in [3.8, 4) is 0 Å². The van der Waals surface area contributed by atoms with Crippen molar-refractivity contribution < 1.29 is 9.18 Å². The number of hydrogen-bond acceptors (Lipinski definition) is 3. The lowest BCUT2D eigenvalue weighted by atomic mass is 10.2. The Morgan fingerprint density at radius 2 is 1.81 bits per heavy atom. The minimum atomic E-state index is -0.389. The van der Waals surface area contributed by atoms with Gasteiger partial charge < -0.3 is 5.32 Å². The van der Waals surface area contributed by atoms with Crippen LogP contribution >= 0.6 is 11.6 Å². The van der Waals surface area contributed by atoms with Gasteiger partial charge in [0.2, 0.25) is 5.91 Å². The van der Waals surface area contributed by atoms with Crippen molar-refractivity contribution >= 4 is 23.2 Å². The van der Waals surface area contributed by atoms with E-state index in [0.717, 1.165) is 49.5 Å². The van der Waals surface area contributed by atoms with Crippen LogP contribution in [0.25, 0.3) is 0 Å². The van der Waals surface area contributed by atoms with Crippen LogP contribution < -0.4 is 5.32 Å². The lowest BCUT2D eigenvalue weighted by Crippen LogP contribution is -2.48. The number of halogens is 2. The van der Waals surface area contributed by atoms with Gasteiger partial charge in [0.25, 0.3) is 0 Å². The van der Waals surface area contributed by atoms with Crippen LogP contribution in [0.4, 0.5) is 10.1 Å². The van der Waals surface area contributed by atoms with Crippen molar-refractivity contribution in [3.05, 3.63) is 64.4 Å². The van der Waals surface area contributed by atoms with Crippen molar-refractivity contribution in [1.29, 1.82) is 0 Å². The van der Waals surface area contributed by atoms with Gasteiger partial charge in [-0.15, -0.1) is 0 Å². The fourth-order valence-corrected chi connectivity index (χ4v) is 3.31. The standard InChI is InChI=1S/C20H23ClFN3O/c1-15-4-2-3-5-19(15)23-20(26)14-25-10-8-24(9-11-25)13-16-6-7-18(22)17(21)12-16/h2-7,12H,8-11,13-14H2,1H3,(H,23,26). The van der Waals surface area contributed by atoms with E-state index in [4.69, 9.17) is 11.6 Å². The molecule has 2 aromatic carbocycles. The predicted molar refractivity (Wildman–Crippen MR) is 103 cm³/mol. The number of nitrogens with one attached hydrogen (secondary N) is 1. The van der Waals surface area contributed by atoms with E-state index in [1.165, 1.54) is 6.07 Å². The molecule has 6 heteroatoms. The summed E-state index contributed by atoms with van der Waals surface area (Å²) >= 11 is 5.84. The summed E-state index contributed by atoms with van der Waals surface area (Å²) in [6.07, 6.45) is 0. The zero-order valence-corrected chi connectivity index (χ0v) is 15.6. The number of nitrogens with zero attached hydrogens (tertiary/aromatic N) is 2. The third-order valence-electron chi connectivity index (χ3n) is 4.64. The van der Waals surface area contributed by atoms with E-state index in [9.17, 15) is 9.18 Å². The van der Waals surface area contributed by atoms with Crippen LogP contribution in [0.3, 0.4) is 0 Å². The molecule has 0 saturated carbocycles. The summed E-state index contributed by atoms with van der Waals surface area (Å²) in [7, 11) is 0. The molecule has 0 aliphatic carbocycles. The number of carbonyl (C=O) groups excluding carboxylic acids is 1. The summed E-state index contributed by atoms with van der Waals surface area (Å²) in [5.41, 5.74) is 2.93. The first-order chi connectivity index (χ1) is 12.5. The Morgan fingerprint density at radius 1 is 1.12 bits per heavy atom. The predicted octanol–water partition coefficient (Wildman–Crippen LogP) is 3.54. The minimum Gasteiger partial charge on any atom is -0.325 e. The molecule has 0 aromatic heterocycles. The number of piperazine rings is 1. The van der Waals surface area contributed by atoms with Crippen LogP contribution in [0.1, 0.15) is 11.1 Å². The second kappa shape index (κ2) is 8.62. The number of carbonyl (C=O) groups is 1. The van der Waals surface area contributed by atoms with Gasteiger partial charge in [-0.1, -0.05) is 35.9 Å². The molecular weight excluding hydrogens is 353 g/mol. The van der Waals surface area contributed by atoms with Crippen LogP contribution in [-0.2, 0) is 11.3 Å². The first-order valence-electron chi connectivity index (χ1n) is 8.75. The summed E-state index contributed by atoms with van der Waals surface area (Å²) in [5.74, 6) is -0.377. The van der Waals surface area contributed by atoms with Crippen LogP contribution in [0, 0.1) is 12.7 Å². The molecule has 1 saturated heterocycles. The van der Waals surface area contributed by atoms with Gasteiger partial charge in [0.1, 0.15) is 5.82 Å². The van der Waals surface area contributed by atoms with E-state index >= 15 is 0 Å². The maximum atomic E-state index is 13.2. The van der Waals surface area contributed by atoms with Crippen LogP contribution in [0.15, 0.2) is 42.5 Å². The second-order valence-corrected chi connectivity index (χ2v) is 7.07. The number of hydrogen-bond donors (Lipinski definition) is 1. The van der Waals surface area contributed by atoms with Crippen molar-refractivity contribution in [2.75, 3.05) is 38.0 Å². The van der Waals surface area contributed by atoms with E-state index in [-0.39, 0.29) is 16.7 Å². The molecule has 0 atom stereocenters. The van der Waals surface area contributed by atoms with Crippen LogP contribution in [-0.4, -0.2) is 48.4 Å². The number of aryl methyl sites for hydroxylation is 1. The van der Waals surface area contributed by atoms with Crippen LogP contribution in [0.5, 0.6) is 0 Å². The molecule has 3 rings (SSSR count). The third-order valence-corrected chi connectivity index (χ3v) is 4.93. The highest BCUT2D eigenvalue weighted by Crippen LogP contribution is 2.18. The van der Waals surface area contributed by atoms with E-state index in [2.05, 4.69) is 15.1 Å². The van der Waals surface area contributed by atoms with Crippen molar-refractivity contribution in [1.82, 2.24) is 9.80 Å². The number of para-hydroxylation sites is 1. The molecule has 26 heavy (non-hydrogen) atoms. The van der Waals surface area contributed by atoms with Gasteiger partial charge in [0.15, 0.2) is 0 Å². The van der Waals surface area contributed by atoms with Gasteiger partial charge in [0.05, 0.1) is 11.6 Å². The number of rotatable bonds is 5. The minimum absolute atomic E-state index is 0.0121. The molecular formula is C20H23ClFN3O. The highest BCUT2D eigenvalue weighted by atomic mass is 35.5. The number of benzene rings is 2. The molecule has 2 aromatic rings. The Labute approximate surface area is 158 Å². The maximum Gasteiger partial charge on any atom is 0.238 e. The molecule has 1 aliphatic rings. The Hall–Kier alpha value is -1.95. The first-order valence-corrected chi connectivity index (χ1v) is 9.13. The number of amides is 1. The van der Waals surface area contributed by atoms with Gasteiger partial charge in [-0.25, -0.2) is 4.39 Å². The molecule has 1 heterocycles. The van der Waals surface area contributed by atoms with Crippen molar-refractivity contribution in [3.63, 3.8) is 0 Å². The van der Waals surface area contributed by atoms with Crippen molar-refractivity contribution in [2.24, 2.45) is 0 Å². The summed E-state index contributed by atoms with van der Waals surface area (Å²) in [4.78, 5) is 16.7. The summed E-state index contributed by atoms with van der Waals surface area (Å²) < 4.78 is 13.2. The smallest absolute Gasteiger partial charge is 0.238 e. The average molecular weight is 376 g/mol. The van der Waals surface area contributed by atoms with Crippen LogP contribution in [0.2, 0.25) is 5.02 Å². The third kappa shape index (κ3) is 5.04. The molecule has 0 unspecified atom stereocenters. The molecule has 0 spiro atoms. The van der Waals surface area contributed by atoms with E-state index in [0.29, 0.717) is 6.54 Å². The molecule has 1 aliphatic heterocycles. The molecule has 1 amide bonds. The van der Waals surface area contributed by atoms with Gasteiger partial charge in [-0.05, 0) is 36.2 Å². The Balaban J connectivity index is 1.45. The highest BCUT2D eigenvalue weighted by Gasteiger charge is 2.19. The van der Waals surface area contributed by atoms with Gasteiger partial charge in [-0.2, -0.15) is 0 Å². The SMILES string of the molecule is Cc1ccccc1NC(=O)CN1CCN(Cc2ccc(F)c(Cl)c2)CC1. The van der Waals surface area contributed by atoms with Gasteiger partial charge in [-0.3, -0.25) is 14.6 Å². The van der Waals surface area contributed by atoms with Gasteiger partial charge >= 0.3 is 0 Å². The fraction of sp³-hybridized carbons (Fsp3) is 0.350. The zero-order chi connectivity index (χ0) is 18.5. The quantitative estimate of drug-likeness (QED) is 0.868. The largest absolute Gasteiger partial charge is 0.325 e. The zero-order valence-electron chi connectivity index (χ0n) is 14.8. The molecule has 0 radical (unpaired) electrons. The Kier molecular flexibility index (Phi) is 6.25. The summed E-state index contributed by atoms with van der Waals surface area (Å²) in [6, 6.07) is 12.6. The van der Waals surface area contributed by atoms with Gasteiger partial charge in [0, 0.05) is 38.4 Å². The monoisotopic (exact) mass is 375 g/mol. The summed E-state index contributed by atoms with van der Waals surface area (Å²) in [5, 5.41) is 3.14. The fourth-order valence-electron chi connectivity index (χ4n) is 3.11. The van der Waals surface area contributed by atoms with E-state index in [1.54, 1.807) is 12.1 Å². The molecule has 138 valence electrons. The molecule has 0 bridgehead atoms. The van der Waals surface area contributed by atoms with E-state index in [1.807, 2.05) is 31.2 Å². The Morgan fingerprint density at radius 3 is 2.50 bits per heavy atom. The number of anilines is 1. The Bertz CT molecular complexity index is 775. The normalized spacial score (nSPS) is 15.8. The van der Waals surface area contributed by atoms with E-state index < -0.39 is 0 Å².